The third-order valence-corrected chi connectivity index (χ3v) is 2.46. The molecule has 2 nitrogen and oxygen atoms in total. The van der Waals surface area contributed by atoms with Gasteiger partial charge in [0.1, 0.15) is 6.10 Å². The summed E-state index contributed by atoms with van der Waals surface area (Å²) in [6.45, 7) is 5.22. The van der Waals surface area contributed by atoms with Crippen molar-refractivity contribution in [2.75, 3.05) is 0 Å². The van der Waals surface area contributed by atoms with E-state index < -0.39 is 0 Å². The zero-order chi connectivity index (χ0) is 9.42. The summed E-state index contributed by atoms with van der Waals surface area (Å²) in [4.78, 5) is 11.2. The molecule has 0 aromatic carbocycles. The number of fused-ring (bicyclic) bond motifs is 2. The highest BCUT2D eigenvalue weighted by Crippen LogP contribution is 2.35. The van der Waals surface area contributed by atoms with E-state index >= 15 is 0 Å². The van der Waals surface area contributed by atoms with E-state index in [1.54, 1.807) is 6.92 Å². The van der Waals surface area contributed by atoms with Gasteiger partial charge in [0.05, 0.1) is 0 Å². The zero-order valence-electron chi connectivity index (χ0n) is 7.57. The maximum atomic E-state index is 11.2. The Morgan fingerprint density at radius 2 is 1.69 bits per heavy atom. The second-order valence-electron chi connectivity index (χ2n) is 3.57. The van der Waals surface area contributed by atoms with Crippen LogP contribution in [-0.2, 0) is 9.53 Å². The fraction of sp³-hybridized carbons (Fsp3) is 0.364. The molecule has 0 unspecified atom stereocenters. The summed E-state index contributed by atoms with van der Waals surface area (Å²) in [5, 5.41) is 0. The van der Waals surface area contributed by atoms with Gasteiger partial charge in [-0.3, -0.25) is 0 Å². The maximum Gasteiger partial charge on any atom is 0.333 e. The van der Waals surface area contributed by atoms with Crippen LogP contribution in [0.5, 0.6) is 0 Å². The minimum absolute atomic E-state index is 0.0100. The summed E-state index contributed by atoms with van der Waals surface area (Å²) in [6, 6.07) is 0. The van der Waals surface area contributed by atoms with Crippen LogP contribution >= 0.6 is 0 Å². The van der Waals surface area contributed by atoms with Crippen molar-refractivity contribution in [1.29, 1.82) is 0 Å². The van der Waals surface area contributed by atoms with Crippen LogP contribution in [-0.4, -0.2) is 12.1 Å². The van der Waals surface area contributed by atoms with Gasteiger partial charge in [-0.1, -0.05) is 30.9 Å². The van der Waals surface area contributed by atoms with E-state index in [4.69, 9.17) is 4.74 Å². The van der Waals surface area contributed by atoms with Gasteiger partial charge in [0, 0.05) is 17.4 Å². The lowest BCUT2D eigenvalue weighted by Crippen LogP contribution is -2.23. The van der Waals surface area contributed by atoms with Crippen molar-refractivity contribution in [1.82, 2.24) is 0 Å². The minimum atomic E-state index is -0.285. The molecule has 2 bridgehead atoms. The minimum Gasteiger partial charge on any atom is -0.457 e. The molecule has 0 N–H and O–H groups in total. The molecule has 2 aliphatic rings. The molecule has 0 atom stereocenters. The zero-order valence-corrected chi connectivity index (χ0v) is 7.57. The highest BCUT2D eigenvalue weighted by molar-refractivity contribution is 5.87. The Labute approximate surface area is 77.6 Å². The molecule has 0 aromatic heterocycles. The Morgan fingerprint density at radius 1 is 1.23 bits per heavy atom. The van der Waals surface area contributed by atoms with Gasteiger partial charge < -0.3 is 4.74 Å². The first-order chi connectivity index (χ1) is 6.18. The van der Waals surface area contributed by atoms with E-state index in [1.807, 2.05) is 0 Å². The number of carbonyl (C=O) groups excluding carboxylic acids is 1. The molecule has 0 saturated heterocycles. The molecule has 0 heterocycles. The largest absolute Gasteiger partial charge is 0.457 e. The summed E-state index contributed by atoms with van der Waals surface area (Å²) >= 11 is 0. The van der Waals surface area contributed by atoms with Crippen LogP contribution in [0, 0.1) is 11.8 Å². The first kappa shape index (κ1) is 8.30. The van der Waals surface area contributed by atoms with Crippen molar-refractivity contribution in [3.8, 4) is 0 Å². The van der Waals surface area contributed by atoms with Gasteiger partial charge in [0.25, 0.3) is 0 Å². The lowest BCUT2D eigenvalue weighted by atomic mass is 10.1. The Morgan fingerprint density at radius 3 is 2.08 bits per heavy atom. The van der Waals surface area contributed by atoms with Crippen LogP contribution in [0.2, 0.25) is 0 Å². The van der Waals surface area contributed by atoms with Gasteiger partial charge in [-0.25, -0.2) is 4.79 Å². The van der Waals surface area contributed by atoms with E-state index in [0.29, 0.717) is 5.57 Å². The Bertz CT molecular complexity index is 282. The lowest BCUT2D eigenvalue weighted by molar-refractivity contribution is -0.145. The number of carbonyl (C=O) groups is 1. The van der Waals surface area contributed by atoms with Crippen molar-refractivity contribution in [2.45, 2.75) is 13.0 Å². The molecule has 2 aliphatic carbocycles. The second-order valence-corrected chi connectivity index (χ2v) is 3.57. The van der Waals surface area contributed by atoms with E-state index in [-0.39, 0.29) is 23.9 Å². The van der Waals surface area contributed by atoms with Crippen LogP contribution < -0.4 is 0 Å². The molecule has 2 heteroatoms. The molecule has 0 amide bonds. The first-order valence-electron chi connectivity index (χ1n) is 4.41. The van der Waals surface area contributed by atoms with Crippen molar-refractivity contribution >= 4 is 5.97 Å². The summed E-state index contributed by atoms with van der Waals surface area (Å²) in [6.07, 6.45) is 8.33. The topological polar surface area (TPSA) is 26.3 Å². The fourth-order valence-electron chi connectivity index (χ4n) is 1.72. The highest BCUT2D eigenvalue weighted by Gasteiger charge is 2.36. The molecule has 0 radical (unpaired) electrons. The molecule has 0 aromatic rings. The van der Waals surface area contributed by atoms with Gasteiger partial charge in [-0.15, -0.1) is 0 Å². The summed E-state index contributed by atoms with van der Waals surface area (Å²) < 4.78 is 5.30. The SMILES string of the molecule is C=C(C)C(=O)OC1C2C=CC1C=C2. The van der Waals surface area contributed by atoms with Crippen LogP contribution in [0.1, 0.15) is 6.92 Å². The van der Waals surface area contributed by atoms with Gasteiger partial charge in [0.15, 0.2) is 0 Å². The first-order valence-corrected chi connectivity index (χ1v) is 4.41. The molecule has 0 fully saturated rings. The Kier molecular flexibility index (Phi) is 1.83. The van der Waals surface area contributed by atoms with Crippen LogP contribution in [0.15, 0.2) is 36.5 Å². The van der Waals surface area contributed by atoms with Crippen molar-refractivity contribution < 1.29 is 9.53 Å². The molecular formula is C11H12O2. The number of hydrogen-bond donors (Lipinski definition) is 0. The average Bonchev–Trinajstić information content (AvgIpc) is 2.65. The van der Waals surface area contributed by atoms with E-state index in [1.165, 1.54) is 0 Å². The molecule has 0 spiro atoms. The fourth-order valence-corrected chi connectivity index (χ4v) is 1.72. The van der Waals surface area contributed by atoms with Gasteiger partial charge in [-0.2, -0.15) is 0 Å². The highest BCUT2D eigenvalue weighted by atomic mass is 16.5. The normalized spacial score (nSPS) is 33.8. The third kappa shape index (κ3) is 1.32. The van der Waals surface area contributed by atoms with Crippen LogP contribution in [0.4, 0.5) is 0 Å². The predicted octanol–water partition coefficient (Wildman–Crippen LogP) is 1.85. The summed E-state index contributed by atoms with van der Waals surface area (Å²) in [5.41, 5.74) is 0.464. The number of hydrogen-bond acceptors (Lipinski definition) is 2. The third-order valence-electron chi connectivity index (χ3n) is 2.46. The summed E-state index contributed by atoms with van der Waals surface area (Å²) in [5.74, 6) is 0.286. The smallest absolute Gasteiger partial charge is 0.333 e. The van der Waals surface area contributed by atoms with E-state index in [9.17, 15) is 4.79 Å². The van der Waals surface area contributed by atoms with Gasteiger partial charge in [0.2, 0.25) is 0 Å². The molecule has 68 valence electrons. The van der Waals surface area contributed by atoms with E-state index in [2.05, 4.69) is 30.9 Å². The quantitative estimate of drug-likeness (QED) is 0.364. The molecule has 0 aliphatic heterocycles. The van der Waals surface area contributed by atoms with Crippen molar-refractivity contribution in [3.63, 3.8) is 0 Å². The average molecular weight is 176 g/mol. The number of ether oxygens (including phenoxy) is 1. The van der Waals surface area contributed by atoms with E-state index in [0.717, 1.165) is 0 Å². The standard InChI is InChI=1S/C11H12O2/c1-7(2)11(12)13-10-8-3-4-9(10)6-5-8/h3-6,8-10H,1H2,2H3. The predicted molar refractivity (Wildman–Crippen MR) is 50.0 cm³/mol. The molecular weight excluding hydrogens is 164 g/mol. The summed E-state index contributed by atoms with van der Waals surface area (Å²) in [7, 11) is 0. The monoisotopic (exact) mass is 176 g/mol. The molecule has 0 saturated carbocycles. The Hall–Kier alpha value is -1.31. The van der Waals surface area contributed by atoms with Crippen LogP contribution in [0.3, 0.4) is 0 Å². The van der Waals surface area contributed by atoms with Gasteiger partial charge in [-0.05, 0) is 6.92 Å². The van der Waals surface area contributed by atoms with Gasteiger partial charge >= 0.3 is 5.97 Å². The second kappa shape index (κ2) is 2.87. The molecule has 2 rings (SSSR count). The molecule has 13 heavy (non-hydrogen) atoms. The van der Waals surface area contributed by atoms with Crippen molar-refractivity contribution in [2.24, 2.45) is 11.8 Å². The maximum absolute atomic E-state index is 11.2. The lowest BCUT2D eigenvalue weighted by Gasteiger charge is -2.16. The Balaban J connectivity index is 1.99. The number of rotatable bonds is 2. The van der Waals surface area contributed by atoms with Crippen LogP contribution in [0.25, 0.3) is 0 Å². The van der Waals surface area contributed by atoms with Crippen molar-refractivity contribution in [3.05, 3.63) is 36.5 Å². The number of esters is 1.